The summed E-state index contributed by atoms with van der Waals surface area (Å²) in [5.74, 6) is 0.834. The molecule has 0 heterocycles. The van der Waals surface area contributed by atoms with Gasteiger partial charge in [0.1, 0.15) is 5.82 Å². The lowest BCUT2D eigenvalue weighted by Gasteiger charge is -2.30. The van der Waals surface area contributed by atoms with Crippen molar-refractivity contribution in [1.29, 1.82) is 0 Å². The normalized spacial score (nSPS) is 14.3. The number of aliphatic hydroxyl groups excluding tert-OH is 1. The largest absolute Gasteiger partial charge is 0.389 e. The number of anilines is 1. The van der Waals surface area contributed by atoms with Crippen molar-refractivity contribution in [3.63, 3.8) is 0 Å². The summed E-state index contributed by atoms with van der Waals surface area (Å²) in [4.78, 5) is 2.13. The van der Waals surface area contributed by atoms with Crippen LogP contribution in [0.3, 0.4) is 0 Å². The molecule has 1 unspecified atom stereocenters. The minimum Gasteiger partial charge on any atom is -0.389 e. The van der Waals surface area contributed by atoms with E-state index in [0.717, 1.165) is 17.9 Å². The van der Waals surface area contributed by atoms with E-state index in [0.29, 0.717) is 17.2 Å². The lowest BCUT2D eigenvalue weighted by Crippen LogP contribution is -2.30. The van der Waals surface area contributed by atoms with Crippen LogP contribution in [0.25, 0.3) is 0 Å². The van der Waals surface area contributed by atoms with Crippen molar-refractivity contribution in [2.45, 2.75) is 39.3 Å². The third kappa shape index (κ3) is 4.11. The minimum absolute atomic E-state index is 0.259. The van der Waals surface area contributed by atoms with Gasteiger partial charge in [0.2, 0.25) is 0 Å². The maximum absolute atomic E-state index is 13.7. The molecule has 1 aromatic rings. The Bertz CT molecular complexity index is 423. The molecular formula is C15H24FNOS. The van der Waals surface area contributed by atoms with E-state index in [4.69, 9.17) is 0 Å². The smallest absolute Gasteiger partial charge is 0.126 e. The minimum atomic E-state index is -0.666. The SMILES string of the molecule is CSCCC(C)N(C)c1cc(C)c(F)cc1[C@@H](C)O. The molecular weight excluding hydrogens is 261 g/mol. The van der Waals surface area contributed by atoms with Crippen molar-refractivity contribution in [2.24, 2.45) is 0 Å². The predicted molar refractivity (Wildman–Crippen MR) is 82.6 cm³/mol. The molecule has 0 saturated heterocycles. The standard InChI is InChI=1S/C15H24FNOS/c1-10-8-15(13(12(3)18)9-14(10)16)17(4)11(2)6-7-19-5/h8-9,11-12,18H,6-7H2,1-5H3/t11?,12-/m1/s1. The first-order valence-corrected chi connectivity index (χ1v) is 7.97. The van der Waals surface area contributed by atoms with Crippen LogP contribution in [0.2, 0.25) is 0 Å². The summed E-state index contributed by atoms with van der Waals surface area (Å²) in [5, 5.41) is 9.83. The third-order valence-corrected chi connectivity index (χ3v) is 4.18. The molecule has 1 N–H and O–H groups in total. The molecule has 0 aliphatic carbocycles. The molecule has 0 radical (unpaired) electrons. The van der Waals surface area contributed by atoms with Gasteiger partial charge in [-0.2, -0.15) is 11.8 Å². The first-order valence-electron chi connectivity index (χ1n) is 6.58. The number of thioether (sulfide) groups is 1. The van der Waals surface area contributed by atoms with Gasteiger partial charge in [0.15, 0.2) is 0 Å². The fraction of sp³-hybridized carbons (Fsp3) is 0.600. The van der Waals surface area contributed by atoms with Crippen LogP contribution in [0.1, 0.15) is 37.5 Å². The molecule has 1 aromatic carbocycles. The monoisotopic (exact) mass is 285 g/mol. The van der Waals surface area contributed by atoms with Crippen molar-refractivity contribution in [3.05, 3.63) is 29.1 Å². The summed E-state index contributed by atoms with van der Waals surface area (Å²) < 4.78 is 13.7. The first-order chi connectivity index (χ1) is 8.88. The lowest BCUT2D eigenvalue weighted by atomic mass is 10.0. The van der Waals surface area contributed by atoms with E-state index in [1.54, 1.807) is 13.8 Å². The molecule has 0 bridgehead atoms. The molecule has 0 fully saturated rings. The van der Waals surface area contributed by atoms with Crippen molar-refractivity contribution < 1.29 is 9.50 Å². The third-order valence-electron chi connectivity index (χ3n) is 3.54. The summed E-state index contributed by atoms with van der Waals surface area (Å²) in [6.07, 6.45) is 2.49. The van der Waals surface area contributed by atoms with E-state index >= 15 is 0 Å². The first kappa shape index (κ1) is 16.3. The molecule has 1 rings (SSSR count). The van der Waals surface area contributed by atoms with E-state index in [1.165, 1.54) is 6.07 Å². The van der Waals surface area contributed by atoms with E-state index in [-0.39, 0.29) is 5.82 Å². The van der Waals surface area contributed by atoms with Gasteiger partial charge in [0.25, 0.3) is 0 Å². The van der Waals surface area contributed by atoms with Crippen molar-refractivity contribution in [1.82, 2.24) is 0 Å². The molecule has 108 valence electrons. The van der Waals surface area contributed by atoms with Gasteiger partial charge >= 0.3 is 0 Å². The van der Waals surface area contributed by atoms with Gasteiger partial charge in [-0.05, 0) is 56.9 Å². The zero-order valence-corrected chi connectivity index (χ0v) is 13.2. The number of hydrogen-bond acceptors (Lipinski definition) is 3. The highest BCUT2D eigenvalue weighted by molar-refractivity contribution is 7.98. The lowest BCUT2D eigenvalue weighted by molar-refractivity contribution is 0.199. The zero-order chi connectivity index (χ0) is 14.6. The Balaban J connectivity index is 3.06. The predicted octanol–water partition coefficient (Wildman–Crippen LogP) is 3.77. The number of hydrogen-bond donors (Lipinski definition) is 1. The molecule has 0 spiro atoms. The van der Waals surface area contributed by atoms with E-state index in [9.17, 15) is 9.50 Å². The number of benzene rings is 1. The Kier molecular flexibility index (Phi) is 6.14. The molecule has 19 heavy (non-hydrogen) atoms. The number of halogens is 1. The van der Waals surface area contributed by atoms with Crippen molar-refractivity contribution in [3.8, 4) is 0 Å². The Hall–Kier alpha value is -0.740. The highest BCUT2D eigenvalue weighted by Gasteiger charge is 2.18. The molecule has 2 atom stereocenters. The molecule has 2 nitrogen and oxygen atoms in total. The van der Waals surface area contributed by atoms with Crippen molar-refractivity contribution in [2.75, 3.05) is 24.0 Å². The number of nitrogens with zero attached hydrogens (tertiary/aromatic N) is 1. The van der Waals surface area contributed by atoms with Gasteiger partial charge in [-0.1, -0.05) is 0 Å². The van der Waals surface area contributed by atoms with E-state index in [2.05, 4.69) is 18.1 Å². The molecule has 0 amide bonds. The van der Waals surface area contributed by atoms with Gasteiger partial charge in [-0.15, -0.1) is 0 Å². The highest BCUT2D eigenvalue weighted by atomic mass is 32.2. The van der Waals surface area contributed by atoms with Gasteiger partial charge in [-0.3, -0.25) is 0 Å². The summed E-state index contributed by atoms with van der Waals surface area (Å²) in [7, 11) is 2.00. The number of aliphatic hydroxyl groups is 1. The summed E-state index contributed by atoms with van der Waals surface area (Å²) in [6, 6.07) is 3.63. The van der Waals surface area contributed by atoms with Gasteiger partial charge in [0.05, 0.1) is 6.10 Å². The van der Waals surface area contributed by atoms with E-state index in [1.807, 2.05) is 24.9 Å². The van der Waals surface area contributed by atoms with Gasteiger partial charge < -0.3 is 10.0 Å². The van der Waals surface area contributed by atoms with Crippen LogP contribution >= 0.6 is 11.8 Å². The Labute approximate surface area is 120 Å². The Morgan fingerprint density at radius 1 is 1.37 bits per heavy atom. The second kappa shape index (κ2) is 7.15. The van der Waals surface area contributed by atoms with Crippen LogP contribution in [-0.2, 0) is 0 Å². The fourth-order valence-corrected chi connectivity index (χ4v) is 2.62. The molecule has 0 aromatic heterocycles. The summed E-state index contributed by atoms with van der Waals surface area (Å²) in [6.45, 7) is 5.58. The average molecular weight is 285 g/mol. The molecule has 4 heteroatoms. The topological polar surface area (TPSA) is 23.5 Å². The Morgan fingerprint density at radius 3 is 2.53 bits per heavy atom. The fourth-order valence-electron chi connectivity index (χ4n) is 2.04. The molecule has 0 aliphatic heterocycles. The van der Waals surface area contributed by atoms with Crippen LogP contribution in [0.15, 0.2) is 12.1 Å². The van der Waals surface area contributed by atoms with Crippen LogP contribution < -0.4 is 4.90 Å². The number of aryl methyl sites for hydroxylation is 1. The molecule has 0 aliphatic rings. The Morgan fingerprint density at radius 2 is 2.00 bits per heavy atom. The second-order valence-corrected chi connectivity index (χ2v) is 6.06. The quantitative estimate of drug-likeness (QED) is 0.860. The van der Waals surface area contributed by atoms with Crippen LogP contribution in [0.4, 0.5) is 10.1 Å². The summed E-state index contributed by atoms with van der Waals surface area (Å²) in [5.41, 5.74) is 2.19. The highest BCUT2D eigenvalue weighted by Crippen LogP contribution is 2.30. The van der Waals surface area contributed by atoms with Crippen LogP contribution in [-0.4, -0.2) is 30.2 Å². The average Bonchev–Trinajstić information content (AvgIpc) is 2.37. The second-order valence-electron chi connectivity index (χ2n) is 5.08. The van der Waals surface area contributed by atoms with Gasteiger partial charge in [0, 0.05) is 24.3 Å². The maximum atomic E-state index is 13.7. The number of rotatable bonds is 6. The van der Waals surface area contributed by atoms with Crippen LogP contribution in [0.5, 0.6) is 0 Å². The van der Waals surface area contributed by atoms with Gasteiger partial charge in [-0.25, -0.2) is 4.39 Å². The van der Waals surface area contributed by atoms with E-state index < -0.39 is 6.10 Å². The zero-order valence-electron chi connectivity index (χ0n) is 12.4. The summed E-state index contributed by atoms with van der Waals surface area (Å²) >= 11 is 1.82. The van der Waals surface area contributed by atoms with Crippen LogP contribution in [0, 0.1) is 12.7 Å². The molecule has 0 saturated carbocycles. The van der Waals surface area contributed by atoms with Crippen molar-refractivity contribution >= 4 is 17.4 Å². The maximum Gasteiger partial charge on any atom is 0.126 e.